The summed E-state index contributed by atoms with van der Waals surface area (Å²) < 4.78 is 6.12. The minimum atomic E-state index is 0.757. The van der Waals surface area contributed by atoms with E-state index in [1.165, 1.54) is 0 Å². The summed E-state index contributed by atoms with van der Waals surface area (Å²) >= 11 is 3.46. The largest absolute Gasteiger partial charge is 0.496 e. The van der Waals surface area contributed by atoms with Gasteiger partial charge in [-0.1, -0.05) is 6.07 Å². The number of pyridine rings is 1. The van der Waals surface area contributed by atoms with Gasteiger partial charge in [0.25, 0.3) is 0 Å². The standard InChI is InChI=1S/C13H13BrN2O/c1-17-13-5-4-11(7-12(13)14)16-9-10-3-2-6-15-8-10/h2-8,16H,9H2,1H3. The monoisotopic (exact) mass is 292 g/mol. The molecule has 0 aliphatic carbocycles. The molecule has 17 heavy (non-hydrogen) atoms. The fourth-order valence-corrected chi connectivity index (χ4v) is 2.02. The Morgan fingerprint density at radius 3 is 2.88 bits per heavy atom. The normalized spacial score (nSPS) is 10.0. The van der Waals surface area contributed by atoms with Crippen LogP contribution in [0.3, 0.4) is 0 Å². The van der Waals surface area contributed by atoms with Gasteiger partial charge >= 0.3 is 0 Å². The van der Waals surface area contributed by atoms with Crippen molar-refractivity contribution < 1.29 is 4.74 Å². The van der Waals surface area contributed by atoms with Crippen LogP contribution in [0.15, 0.2) is 47.2 Å². The van der Waals surface area contributed by atoms with Gasteiger partial charge in [0.15, 0.2) is 0 Å². The van der Waals surface area contributed by atoms with Crippen LogP contribution in [0.5, 0.6) is 5.75 Å². The number of anilines is 1. The van der Waals surface area contributed by atoms with Crippen molar-refractivity contribution in [2.45, 2.75) is 6.54 Å². The van der Waals surface area contributed by atoms with Crippen molar-refractivity contribution in [2.24, 2.45) is 0 Å². The van der Waals surface area contributed by atoms with Crippen LogP contribution in [0.25, 0.3) is 0 Å². The van der Waals surface area contributed by atoms with E-state index in [4.69, 9.17) is 4.74 Å². The zero-order valence-electron chi connectivity index (χ0n) is 9.48. The third-order valence-electron chi connectivity index (χ3n) is 2.37. The first-order valence-electron chi connectivity index (χ1n) is 5.26. The van der Waals surface area contributed by atoms with Crippen LogP contribution in [-0.2, 0) is 6.54 Å². The van der Waals surface area contributed by atoms with Crippen molar-refractivity contribution in [1.29, 1.82) is 0 Å². The molecule has 2 rings (SSSR count). The smallest absolute Gasteiger partial charge is 0.133 e. The molecule has 0 amide bonds. The van der Waals surface area contributed by atoms with Crippen molar-refractivity contribution in [3.8, 4) is 5.75 Å². The van der Waals surface area contributed by atoms with Gasteiger partial charge < -0.3 is 10.1 Å². The van der Waals surface area contributed by atoms with Crippen LogP contribution in [0.1, 0.15) is 5.56 Å². The second-order valence-electron chi connectivity index (χ2n) is 3.56. The van der Waals surface area contributed by atoms with Crippen molar-refractivity contribution in [3.63, 3.8) is 0 Å². The fraction of sp³-hybridized carbons (Fsp3) is 0.154. The number of hydrogen-bond acceptors (Lipinski definition) is 3. The first-order chi connectivity index (χ1) is 8.29. The molecule has 0 saturated heterocycles. The molecule has 1 aromatic heterocycles. The number of ether oxygens (including phenoxy) is 1. The first-order valence-corrected chi connectivity index (χ1v) is 6.05. The summed E-state index contributed by atoms with van der Waals surface area (Å²) in [4.78, 5) is 4.07. The Labute approximate surface area is 109 Å². The lowest BCUT2D eigenvalue weighted by Crippen LogP contribution is -1.99. The molecule has 3 nitrogen and oxygen atoms in total. The van der Waals surface area contributed by atoms with Crippen molar-refractivity contribution in [3.05, 3.63) is 52.8 Å². The Morgan fingerprint density at radius 1 is 1.35 bits per heavy atom. The molecular weight excluding hydrogens is 280 g/mol. The number of benzene rings is 1. The highest BCUT2D eigenvalue weighted by Crippen LogP contribution is 2.27. The number of methoxy groups -OCH3 is 1. The molecule has 4 heteroatoms. The molecule has 0 unspecified atom stereocenters. The molecule has 1 N–H and O–H groups in total. The number of rotatable bonds is 4. The van der Waals surface area contributed by atoms with E-state index >= 15 is 0 Å². The molecule has 0 radical (unpaired) electrons. The molecule has 0 atom stereocenters. The van der Waals surface area contributed by atoms with Crippen LogP contribution >= 0.6 is 15.9 Å². The van der Waals surface area contributed by atoms with E-state index in [0.717, 1.165) is 28.0 Å². The van der Waals surface area contributed by atoms with E-state index in [9.17, 15) is 0 Å². The van der Waals surface area contributed by atoms with Gasteiger partial charge in [-0.15, -0.1) is 0 Å². The Morgan fingerprint density at radius 2 is 2.24 bits per heavy atom. The Bertz CT molecular complexity index is 488. The molecule has 0 aliphatic heterocycles. The summed E-state index contributed by atoms with van der Waals surface area (Å²) in [6.07, 6.45) is 3.62. The zero-order chi connectivity index (χ0) is 12.1. The lowest BCUT2D eigenvalue weighted by Gasteiger charge is -2.08. The van der Waals surface area contributed by atoms with E-state index < -0.39 is 0 Å². The Balaban J connectivity index is 2.02. The molecule has 2 aromatic rings. The van der Waals surface area contributed by atoms with Gasteiger partial charge in [0.2, 0.25) is 0 Å². The zero-order valence-corrected chi connectivity index (χ0v) is 11.1. The van der Waals surface area contributed by atoms with Gasteiger partial charge in [0, 0.05) is 24.6 Å². The van der Waals surface area contributed by atoms with Crippen molar-refractivity contribution in [2.75, 3.05) is 12.4 Å². The van der Waals surface area contributed by atoms with Gasteiger partial charge in [-0.3, -0.25) is 4.98 Å². The predicted molar refractivity (Wildman–Crippen MR) is 72.3 cm³/mol. The van der Waals surface area contributed by atoms with Crippen LogP contribution in [0, 0.1) is 0 Å². The topological polar surface area (TPSA) is 34.1 Å². The van der Waals surface area contributed by atoms with Crippen LogP contribution < -0.4 is 10.1 Å². The highest BCUT2D eigenvalue weighted by atomic mass is 79.9. The van der Waals surface area contributed by atoms with Gasteiger partial charge in [0.1, 0.15) is 5.75 Å². The quantitative estimate of drug-likeness (QED) is 0.937. The Kier molecular flexibility index (Phi) is 3.98. The lowest BCUT2D eigenvalue weighted by molar-refractivity contribution is 0.412. The maximum absolute atomic E-state index is 5.18. The average Bonchev–Trinajstić information content (AvgIpc) is 2.38. The average molecular weight is 293 g/mol. The van der Waals surface area contributed by atoms with Gasteiger partial charge in [-0.05, 0) is 45.8 Å². The summed E-state index contributed by atoms with van der Waals surface area (Å²) in [7, 11) is 1.66. The van der Waals surface area contributed by atoms with E-state index in [1.807, 2.05) is 36.5 Å². The summed E-state index contributed by atoms with van der Waals surface area (Å²) in [5.74, 6) is 0.830. The molecular formula is C13H13BrN2O. The molecule has 0 aliphatic rings. The molecule has 0 fully saturated rings. The van der Waals surface area contributed by atoms with Crippen LogP contribution in [0.4, 0.5) is 5.69 Å². The number of nitrogens with one attached hydrogen (secondary N) is 1. The van der Waals surface area contributed by atoms with E-state index in [-0.39, 0.29) is 0 Å². The first kappa shape index (κ1) is 11.9. The third kappa shape index (κ3) is 3.20. The van der Waals surface area contributed by atoms with E-state index in [1.54, 1.807) is 13.3 Å². The van der Waals surface area contributed by atoms with Crippen molar-refractivity contribution in [1.82, 2.24) is 4.98 Å². The second-order valence-corrected chi connectivity index (χ2v) is 4.42. The maximum atomic E-state index is 5.18. The fourth-order valence-electron chi connectivity index (χ4n) is 1.48. The third-order valence-corrected chi connectivity index (χ3v) is 2.99. The van der Waals surface area contributed by atoms with E-state index in [2.05, 4.69) is 26.2 Å². The molecule has 1 heterocycles. The molecule has 0 bridgehead atoms. The molecule has 1 aromatic carbocycles. The van der Waals surface area contributed by atoms with Crippen LogP contribution in [0.2, 0.25) is 0 Å². The number of nitrogens with zero attached hydrogens (tertiary/aromatic N) is 1. The van der Waals surface area contributed by atoms with Crippen molar-refractivity contribution >= 4 is 21.6 Å². The minimum Gasteiger partial charge on any atom is -0.496 e. The number of halogens is 1. The minimum absolute atomic E-state index is 0.757. The van der Waals surface area contributed by atoms with Crippen LogP contribution in [-0.4, -0.2) is 12.1 Å². The SMILES string of the molecule is COc1ccc(NCc2cccnc2)cc1Br. The van der Waals surface area contributed by atoms with Gasteiger partial charge in [-0.25, -0.2) is 0 Å². The highest BCUT2D eigenvalue weighted by molar-refractivity contribution is 9.10. The van der Waals surface area contributed by atoms with Gasteiger partial charge in [0.05, 0.1) is 11.6 Å². The number of aromatic nitrogens is 1. The molecule has 0 spiro atoms. The summed E-state index contributed by atoms with van der Waals surface area (Å²) in [5.41, 5.74) is 2.20. The number of hydrogen-bond donors (Lipinski definition) is 1. The lowest BCUT2D eigenvalue weighted by atomic mass is 10.2. The molecule has 0 saturated carbocycles. The summed E-state index contributed by atoms with van der Waals surface area (Å²) in [6.45, 7) is 0.757. The predicted octanol–water partition coefficient (Wildman–Crippen LogP) is 3.46. The summed E-state index contributed by atoms with van der Waals surface area (Å²) in [6, 6.07) is 9.88. The van der Waals surface area contributed by atoms with E-state index in [0.29, 0.717) is 0 Å². The summed E-state index contributed by atoms with van der Waals surface area (Å²) in [5, 5.41) is 3.33. The second kappa shape index (κ2) is 5.68. The molecule has 88 valence electrons. The maximum Gasteiger partial charge on any atom is 0.133 e. The van der Waals surface area contributed by atoms with Gasteiger partial charge in [-0.2, -0.15) is 0 Å². The highest BCUT2D eigenvalue weighted by Gasteiger charge is 2.01. The Hall–Kier alpha value is -1.55.